The number of pyridine rings is 1. The number of rotatable bonds is 4. The van der Waals surface area contributed by atoms with Crippen LogP contribution in [0.25, 0.3) is 10.9 Å². The average Bonchev–Trinajstić information content (AvgIpc) is 2.79. The molecule has 3 aromatic rings. The molecule has 2 aromatic heterocycles. The molecule has 0 fully saturated rings. The molecule has 3 rings (SSSR count). The van der Waals surface area contributed by atoms with E-state index in [9.17, 15) is 9.90 Å². The lowest BCUT2D eigenvalue weighted by Crippen LogP contribution is -2.24. The van der Waals surface area contributed by atoms with Gasteiger partial charge in [-0.2, -0.15) is 0 Å². The molecule has 120 valence electrons. The molecule has 0 unspecified atom stereocenters. The Morgan fingerprint density at radius 2 is 1.87 bits per heavy atom. The molecule has 23 heavy (non-hydrogen) atoms. The van der Waals surface area contributed by atoms with Crippen molar-refractivity contribution in [3.05, 3.63) is 63.7 Å². The van der Waals surface area contributed by atoms with Crippen LogP contribution in [0.15, 0.2) is 41.2 Å². The van der Waals surface area contributed by atoms with Gasteiger partial charge in [0.15, 0.2) is 0 Å². The van der Waals surface area contributed by atoms with Crippen LogP contribution in [-0.2, 0) is 26.4 Å². The fourth-order valence-corrected chi connectivity index (χ4v) is 3.11. The summed E-state index contributed by atoms with van der Waals surface area (Å²) in [5.41, 5.74) is 3.63. The molecule has 2 heterocycles. The summed E-state index contributed by atoms with van der Waals surface area (Å²) >= 11 is 0. The van der Waals surface area contributed by atoms with Gasteiger partial charge in [-0.3, -0.25) is 4.79 Å². The van der Waals surface area contributed by atoms with Gasteiger partial charge in [0.25, 0.3) is 5.56 Å². The zero-order valence-electron chi connectivity index (χ0n) is 13.8. The van der Waals surface area contributed by atoms with E-state index in [1.807, 2.05) is 42.8 Å². The molecule has 1 aromatic carbocycles. The molecule has 4 nitrogen and oxygen atoms in total. The van der Waals surface area contributed by atoms with Crippen molar-refractivity contribution in [1.29, 1.82) is 0 Å². The number of benzene rings is 1. The van der Waals surface area contributed by atoms with Gasteiger partial charge >= 0.3 is 0 Å². The summed E-state index contributed by atoms with van der Waals surface area (Å²) in [6.45, 7) is 4.50. The fourth-order valence-electron chi connectivity index (χ4n) is 3.11. The van der Waals surface area contributed by atoms with E-state index in [0.717, 1.165) is 29.7 Å². The van der Waals surface area contributed by atoms with Crippen molar-refractivity contribution in [3.63, 3.8) is 0 Å². The van der Waals surface area contributed by atoms with E-state index in [1.165, 1.54) is 5.56 Å². The minimum absolute atomic E-state index is 0.100. The SMILES string of the molecule is CCc1cc2c(c(O)c(C)n2C)c(=O)n1CCc1ccccc1. The van der Waals surface area contributed by atoms with Crippen molar-refractivity contribution in [2.45, 2.75) is 33.2 Å². The van der Waals surface area contributed by atoms with Crippen molar-refractivity contribution < 1.29 is 5.11 Å². The van der Waals surface area contributed by atoms with Crippen LogP contribution in [0.5, 0.6) is 5.75 Å². The van der Waals surface area contributed by atoms with Gasteiger partial charge in [-0.25, -0.2) is 0 Å². The number of nitrogens with zero attached hydrogens (tertiary/aromatic N) is 2. The van der Waals surface area contributed by atoms with Crippen LogP contribution < -0.4 is 5.56 Å². The second-order valence-corrected chi connectivity index (χ2v) is 5.93. The van der Waals surface area contributed by atoms with E-state index in [1.54, 1.807) is 4.57 Å². The Labute approximate surface area is 135 Å². The number of hydrogen-bond donors (Lipinski definition) is 1. The molecule has 0 amide bonds. The van der Waals surface area contributed by atoms with Gasteiger partial charge in [0, 0.05) is 19.3 Å². The van der Waals surface area contributed by atoms with Crippen LogP contribution in [0.3, 0.4) is 0 Å². The maximum Gasteiger partial charge on any atom is 0.263 e. The first-order valence-electron chi connectivity index (χ1n) is 7.99. The van der Waals surface area contributed by atoms with E-state index in [0.29, 0.717) is 11.9 Å². The molecule has 0 bridgehead atoms. The zero-order valence-corrected chi connectivity index (χ0v) is 13.8. The zero-order chi connectivity index (χ0) is 16.6. The number of aryl methyl sites for hydroxylation is 3. The molecular weight excluding hydrogens is 288 g/mol. The lowest BCUT2D eigenvalue weighted by Gasteiger charge is -2.13. The molecule has 0 saturated carbocycles. The van der Waals surface area contributed by atoms with Gasteiger partial charge < -0.3 is 14.2 Å². The van der Waals surface area contributed by atoms with Crippen molar-refractivity contribution >= 4 is 10.9 Å². The van der Waals surface area contributed by atoms with Gasteiger partial charge in [-0.1, -0.05) is 37.3 Å². The first-order valence-corrected chi connectivity index (χ1v) is 7.99. The van der Waals surface area contributed by atoms with E-state index >= 15 is 0 Å². The van der Waals surface area contributed by atoms with Crippen LogP contribution in [-0.4, -0.2) is 14.2 Å². The van der Waals surface area contributed by atoms with Crippen LogP contribution in [0.2, 0.25) is 0 Å². The third-order valence-corrected chi connectivity index (χ3v) is 4.64. The summed E-state index contributed by atoms with van der Waals surface area (Å²) in [4.78, 5) is 12.9. The minimum atomic E-state index is -0.100. The largest absolute Gasteiger partial charge is 0.505 e. The van der Waals surface area contributed by atoms with Crippen LogP contribution in [0, 0.1) is 6.92 Å². The normalized spacial score (nSPS) is 11.3. The Balaban J connectivity index is 2.10. The highest BCUT2D eigenvalue weighted by Gasteiger charge is 2.18. The van der Waals surface area contributed by atoms with E-state index < -0.39 is 0 Å². The lowest BCUT2D eigenvalue weighted by molar-refractivity contribution is 0.473. The highest BCUT2D eigenvalue weighted by molar-refractivity contribution is 5.87. The number of fused-ring (bicyclic) bond motifs is 1. The fraction of sp³-hybridized carbons (Fsp3) is 0.316. The van der Waals surface area contributed by atoms with E-state index in [4.69, 9.17) is 0 Å². The first-order chi connectivity index (χ1) is 11.0. The Bertz CT molecular complexity index is 905. The number of hydrogen-bond acceptors (Lipinski definition) is 2. The molecule has 0 spiro atoms. The van der Waals surface area contributed by atoms with Crippen molar-refractivity contribution in [3.8, 4) is 5.75 Å². The van der Waals surface area contributed by atoms with Crippen LogP contribution >= 0.6 is 0 Å². The quantitative estimate of drug-likeness (QED) is 0.804. The molecule has 0 aliphatic heterocycles. The molecule has 0 radical (unpaired) electrons. The van der Waals surface area contributed by atoms with Gasteiger partial charge in [0.1, 0.15) is 11.1 Å². The second-order valence-electron chi connectivity index (χ2n) is 5.93. The van der Waals surface area contributed by atoms with Crippen molar-refractivity contribution in [2.75, 3.05) is 0 Å². The molecule has 0 aliphatic rings. The molecule has 1 N–H and O–H groups in total. The summed E-state index contributed by atoms with van der Waals surface area (Å²) in [6.07, 6.45) is 1.58. The van der Waals surface area contributed by atoms with Crippen molar-refractivity contribution in [1.82, 2.24) is 9.13 Å². The predicted molar refractivity (Wildman–Crippen MR) is 93.1 cm³/mol. The molecule has 0 aliphatic carbocycles. The van der Waals surface area contributed by atoms with Crippen molar-refractivity contribution in [2.24, 2.45) is 7.05 Å². The topological polar surface area (TPSA) is 47.2 Å². The second kappa shape index (κ2) is 5.95. The minimum Gasteiger partial charge on any atom is -0.505 e. The smallest absolute Gasteiger partial charge is 0.263 e. The Hall–Kier alpha value is -2.49. The highest BCUT2D eigenvalue weighted by atomic mass is 16.3. The van der Waals surface area contributed by atoms with Crippen LogP contribution in [0.4, 0.5) is 0 Å². The van der Waals surface area contributed by atoms with E-state index in [-0.39, 0.29) is 11.3 Å². The van der Waals surface area contributed by atoms with Gasteiger partial charge in [-0.05, 0) is 31.4 Å². The highest BCUT2D eigenvalue weighted by Crippen LogP contribution is 2.28. The lowest BCUT2D eigenvalue weighted by atomic mass is 10.1. The number of aromatic hydroxyl groups is 1. The average molecular weight is 310 g/mol. The summed E-state index contributed by atoms with van der Waals surface area (Å²) < 4.78 is 3.68. The predicted octanol–water partition coefficient (Wildman–Crippen LogP) is 3.16. The summed E-state index contributed by atoms with van der Waals surface area (Å²) in [5.74, 6) is 0.101. The van der Waals surface area contributed by atoms with Gasteiger partial charge in [0.2, 0.25) is 0 Å². The molecule has 4 heteroatoms. The Morgan fingerprint density at radius 3 is 2.52 bits per heavy atom. The Morgan fingerprint density at radius 1 is 1.17 bits per heavy atom. The van der Waals surface area contributed by atoms with Crippen LogP contribution in [0.1, 0.15) is 23.9 Å². The monoisotopic (exact) mass is 310 g/mol. The summed E-state index contributed by atoms with van der Waals surface area (Å²) in [7, 11) is 1.88. The summed E-state index contributed by atoms with van der Waals surface area (Å²) in [5, 5.41) is 10.7. The number of aromatic nitrogens is 2. The first kappa shape index (κ1) is 15.4. The van der Waals surface area contributed by atoms with Gasteiger partial charge in [0.05, 0.1) is 11.2 Å². The van der Waals surface area contributed by atoms with Gasteiger partial charge in [-0.15, -0.1) is 0 Å². The third-order valence-electron chi connectivity index (χ3n) is 4.64. The maximum absolute atomic E-state index is 12.9. The van der Waals surface area contributed by atoms with E-state index in [2.05, 4.69) is 19.1 Å². The molecular formula is C19H22N2O2. The standard InChI is InChI=1S/C19H22N2O2/c1-4-15-12-16-17(18(22)13(2)20(16)3)19(23)21(15)11-10-14-8-6-5-7-9-14/h5-9,12,22H,4,10-11H2,1-3H3. The summed E-state index contributed by atoms with van der Waals surface area (Å²) in [6, 6.07) is 12.2. The molecule has 0 atom stereocenters. The third kappa shape index (κ3) is 2.54. The Kier molecular flexibility index (Phi) is 3.99. The maximum atomic E-state index is 12.9. The molecule has 0 saturated heterocycles.